The molecule has 0 bridgehead atoms. The highest BCUT2D eigenvalue weighted by Crippen LogP contribution is 2.42. The summed E-state index contributed by atoms with van der Waals surface area (Å²) in [5, 5.41) is 0.411. The van der Waals surface area contributed by atoms with Gasteiger partial charge in [0, 0.05) is 30.6 Å². The average molecular weight is 720 g/mol. The Balaban J connectivity index is 1.44. The molecule has 1 unspecified atom stereocenters. The van der Waals surface area contributed by atoms with Crippen molar-refractivity contribution < 1.29 is 32.2 Å². The normalized spacial score (nSPS) is 17.1. The van der Waals surface area contributed by atoms with Crippen molar-refractivity contribution >= 4 is 39.1 Å². The van der Waals surface area contributed by atoms with Crippen LogP contribution in [0.4, 0.5) is 0 Å². The molecule has 1 fully saturated rings. The third-order valence-electron chi connectivity index (χ3n) is 8.80. The van der Waals surface area contributed by atoms with Crippen LogP contribution in [0, 0.1) is 5.92 Å². The fourth-order valence-electron chi connectivity index (χ4n) is 6.57. The number of carbonyl (C=O) groups is 1. The predicted octanol–water partition coefficient (Wildman–Crippen LogP) is 7.36. The lowest BCUT2D eigenvalue weighted by atomic mass is 9.86. The number of fused-ring (bicyclic) bond motifs is 1. The van der Waals surface area contributed by atoms with E-state index in [1.165, 1.54) is 16.4 Å². The number of piperidine rings is 1. The highest BCUT2D eigenvalue weighted by molar-refractivity contribution is 7.89. The van der Waals surface area contributed by atoms with Crippen molar-refractivity contribution in [2.75, 3.05) is 46.1 Å². The van der Waals surface area contributed by atoms with Crippen molar-refractivity contribution in [3.63, 3.8) is 0 Å². The van der Waals surface area contributed by atoms with Gasteiger partial charge in [0.1, 0.15) is 4.90 Å². The summed E-state index contributed by atoms with van der Waals surface area (Å²) in [6.07, 6.45) is 2.01. The van der Waals surface area contributed by atoms with Gasteiger partial charge in [-0.2, -0.15) is 4.31 Å². The third-order valence-corrected chi connectivity index (χ3v) is 11.4. The summed E-state index contributed by atoms with van der Waals surface area (Å²) in [5.41, 5.74) is 3.14. The van der Waals surface area contributed by atoms with E-state index in [9.17, 15) is 13.2 Å². The van der Waals surface area contributed by atoms with Gasteiger partial charge >= 0.3 is 0 Å². The first-order valence-corrected chi connectivity index (χ1v) is 18.9. The van der Waals surface area contributed by atoms with Crippen molar-refractivity contribution in [2.24, 2.45) is 5.92 Å². The van der Waals surface area contributed by atoms with Crippen LogP contribution in [-0.4, -0.2) is 69.6 Å². The smallest absolute Gasteiger partial charge is 0.244 e. The minimum atomic E-state index is -3.87. The molecule has 9 nitrogen and oxygen atoms in total. The monoisotopic (exact) mass is 718 g/mol. The van der Waals surface area contributed by atoms with Crippen LogP contribution in [0.2, 0.25) is 10.0 Å². The Morgan fingerprint density at radius 2 is 1.38 bits per heavy atom. The number of benzene rings is 3. The Morgan fingerprint density at radius 3 is 2.02 bits per heavy atom. The number of halogens is 2. The summed E-state index contributed by atoms with van der Waals surface area (Å²) in [5.74, 6) is 2.39. The number of nitrogens with zero attached hydrogens (tertiary/aromatic N) is 2. The molecular formula is C36H44Cl2N2O7S. The second-order valence-corrected chi connectivity index (χ2v) is 14.5. The standard InChI is InChI=1S/C36H44Cl2N2O7S/c1-5-44-31-12-9-24(20-32(31)45-6-2)19-30-28-23-34(47-8-4)33(46-7-3)21-26(28)15-18-40(30)36(41)25-13-16-39(17-14-25)48(42,43)35-22-27(37)10-11-29(35)38/h9-12,20-23,25,30H,5-8,13-19H2,1-4H3. The number of hydrogen-bond donors (Lipinski definition) is 0. The molecule has 0 radical (unpaired) electrons. The highest BCUT2D eigenvalue weighted by Gasteiger charge is 2.39. The number of carbonyl (C=O) groups excluding carboxylic acids is 1. The minimum Gasteiger partial charge on any atom is -0.490 e. The molecule has 3 aromatic rings. The second-order valence-electron chi connectivity index (χ2n) is 11.8. The minimum absolute atomic E-state index is 0.0197. The molecular weight excluding hydrogens is 675 g/mol. The molecule has 260 valence electrons. The Morgan fingerprint density at radius 1 is 0.771 bits per heavy atom. The van der Waals surface area contributed by atoms with Crippen molar-refractivity contribution in [2.45, 2.75) is 64.3 Å². The van der Waals surface area contributed by atoms with E-state index in [-0.39, 0.29) is 40.9 Å². The molecule has 0 aromatic heterocycles. The van der Waals surface area contributed by atoms with Gasteiger partial charge in [0.25, 0.3) is 0 Å². The summed E-state index contributed by atoms with van der Waals surface area (Å²) < 4.78 is 52.0. The molecule has 1 saturated heterocycles. The molecule has 2 heterocycles. The van der Waals surface area contributed by atoms with Gasteiger partial charge in [-0.15, -0.1) is 0 Å². The fourth-order valence-corrected chi connectivity index (χ4v) is 8.77. The summed E-state index contributed by atoms with van der Waals surface area (Å²) in [6, 6.07) is 14.1. The van der Waals surface area contributed by atoms with Crippen LogP contribution in [-0.2, 0) is 27.7 Å². The summed E-state index contributed by atoms with van der Waals surface area (Å²) in [4.78, 5) is 16.3. The largest absolute Gasteiger partial charge is 0.490 e. The van der Waals surface area contributed by atoms with Gasteiger partial charge in [-0.3, -0.25) is 4.79 Å². The number of amides is 1. The van der Waals surface area contributed by atoms with Crippen molar-refractivity contribution in [1.29, 1.82) is 0 Å². The van der Waals surface area contributed by atoms with Crippen LogP contribution in [0.3, 0.4) is 0 Å². The first-order chi connectivity index (χ1) is 23.1. The van der Waals surface area contributed by atoms with Crippen LogP contribution in [0.1, 0.15) is 63.3 Å². The molecule has 5 rings (SSSR count). The van der Waals surface area contributed by atoms with Crippen LogP contribution in [0.15, 0.2) is 53.4 Å². The zero-order valence-electron chi connectivity index (χ0n) is 28.0. The average Bonchev–Trinajstić information content (AvgIpc) is 3.07. The van der Waals surface area contributed by atoms with E-state index in [0.29, 0.717) is 86.7 Å². The lowest BCUT2D eigenvalue weighted by molar-refractivity contribution is -0.139. The van der Waals surface area contributed by atoms with E-state index in [4.69, 9.17) is 42.1 Å². The maximum absolute atomic E-state index is 14.4. The molecule has 2 aliphatic rings. The van der Waals surface area contributed by atoms with E-state index >= 15 is 0 Å². The zero-order valence-corrected chi connectivity index (χ0v) is 30.3. The van der Waals surface area contributed by atoms with Gasteiger partial charge in [0.15, 0.2) is 23.0 Å². The number of rotatable bonds is 13. The van der Waals surface area contributed by atoms with Crippen LogP contribution < -0.4 is 18.9 Å². The van der Waals surface area contributed by atoms with Crippen molar-refractivity contribution in [3.05, 3.63) is 75.3 Å². The Kier molecular flexibility index (Phi) is 12.1. The van der Waals surface area contributed by atoms with E-state index in [1.54, 1.807) is 6.07 Å². The molecule has 48 heavy (non-hydrogen) atoms. The Labute approximate surface area is 294 Å². The number of sulfonamides is 1. The SMILES string of the molecule is CCOc1ccc(CC2c3cc(OCC)c(OCC)cc3CCN2C(=O)C2CCN(S(=O)(=O)c3cc(Cl)ccc3Cl)CC2)cc1OCC. The van der Waals surface area contributed by atoms with Crippen molar-refractivity contribution in [1.82, 2.24) is 9.21 Å². The van der Waals surface area contributed by atoms with E-state index in [1.807, 2.05) is 62.9 Å². The lowest BCUT2D eigenvalue weighted by Crippen LogP contribution is -2.47. The molecule has 0 aliphatic carbocycles. The molecule has 0 spiro atoms. The summed E-state index contributed by atoms with van der Waals surface area (Å²) in [7, 11) is -3.87. The van der Waals surface area contributed by atoms with Crippen LogP contribution in [0.5, 0.6) is 23.0 Å². The van der Waals surface area contributed by atoms with Gasteiger partial charge in [-0.25, -0.2) is 8.42 Å². The maximum atomic E-state index is 14.4. The van der Waals surface area contributed by atoms with Crippen LogP contribution in [0.25, 0.3) is 0 Å². The quantitative estimate of drug-likeness (QED) is 0.182. The topological polar surface area (TPSA) is 94.6 Å². The van der Waals surface area contributed by atoms with Gasteiger partial charge in [-0.05, 0) is 113 Å². The van der Waals surface area contributed by atoms with Gasteiger partial charge in [0.2, 0.25) is 15.9 Å². The lowest BCUT2D eigenvalue weighted by Gasteiger charge is -2.41. The molecule has 12 heteroatoms. The number of ether oxygens (including phenoxy) is 4. The van der Waals surface area contributed by atoms with Gasteiger partial charge in [-0.1, -0.05) is 29.3 Å². The van der Waals surface area contributed by atoms with E-state index in [2.05, 4.69) is 0 Å². The van der Waals surface area contributed by atoms with Crippen molar-refractivity contribution in [3.8, 4) is 23.0 Å². The second kappa shape index (κ2) is 16.0. The van der Waals surface area contributed by atoms with E-state index < -0.39 is 10.0 Å². The Bertz CT molecular complexity index is 1710. The molecule has 0 saturated carbocycles. The number of hydrogen-bond acceptors (Lipinski definition) is 7. The molecule has 2 aliphatic heterocycles. The maximum Gasteiger partial charge on any atom is 0.244 e. The predicted molar refractivity (Wildman–Crippen MR) is 187 cm³/mol. The first-order valence-electron chi connectivity index (χ1n) is 16.7. The third kappa shape index (κ3) is 7.83. The van der Waals surface area contributed by atoms with Crippen LogP contribution >= 0.6 is 23.2 Å². The molecule has 0 N–H and O–H groups in total. The summed E-state index contributed by atoms with van der Waals surface area (Å²) in [6.45, 7) is 10.7. The van der Waals surface area contributed by atoms with Gasteiger partial charge < -0.3 is 23.8 Å². The van der Waals surface area contributed by atoms with Gasteiger partial charge in [0.05, 0.1) is 37.5 Å². The molecule has 1 atom stereocenters. The van der Waals surface area contributed by atoms with E-state index in [0.717, 1.165) is 16.7 Å². The molecule has 3 aromatic carbocycles. The highest BCUT2D eigenvalue weighted by atomic mass is 35.5. The summed E-state index contributed by atoms with van der Waals surface area (Å²) >= 11 is 12.4. The Hall–Kier alpha value is -3.18. The first kappa shape index (κ1) is 36.1. The zero-order chi connectivity index (χ0) is 34.4. The molecule has 1 amide bonds. The fraction of sp³-hybridized carbons (Fsp3) is 0.472.